The van der Waals surface area contributed by atoms with Crippen molar-refractivity contribution < 1.29 is 4.79 Å². The average molecular weight is 304 g/mol. The molecule has 1 saturated heterocycles. The van der Waals surface area contributed by atoms with Crippen LogP contribution in [0.4, 0.5) is 5.13 Å². The number of rotatable bonds is 2. The summed E-state index contributed by atoms with van der Waals surface area (Å²) in [4.78, 5) is 16.2. The standard InChI is InChI=1S/C10H14BrN3OS/c1-10(4-2-3-5-13-10)8(15)14-9-12-6-7(11)16-9/h6,13H,2-5H2,1H3,(H,12,14,15). The van der Waals surface area contributed by atoms with E-state index < -0.39 is 5.54 Å². The molecule has 1 amide bonds. The van der Waals surface area contributed by atoms with E-state index in [0.717, 1.165) is 29.6 Å². The molecule has 2 rings (SSSR count). The summed E-state index contributed by atoms with van der Waals surface area (Å²) < 4.78 is 0.921. The van der Waals surface area contributed by atoms with Gasteiger partial charge in [0.2, 0.25) is 5.91 Å². The van der Waals surface area contributed by atoms with Crippen molar-refractivity contribution in [2.75, 3.05) is 11.9 Å². The molecule has 0 aromatic carbocycles. The van der Waals surface area contributed by atoms with Crippen LogP contribution in [0.15, 0.2) is 9.98 Å². The number of nitrogens with one attached hydrogen (secondary N) is 2. The van der Waals surface area contributed by atoms with Crippen molar-refractivity contribution in [1.29, 1.82) is 0 Å². The van der Waals surface area contributed by atoms with Gasteiger partial charge in [-0.05, 0) is 48.7 Å². The van der Waals surface area contributed by atoms with Gasteiger partial charge in [0.15, 0.2) is 5.13 Å². The van der Waals surface area contributed by atoms with Crippen LogP contribution in [-0.2, 0) is 4.79 Å². The number of hydrogen-bond donors (Lipinski definition) is 2. The Bertz CT molecular complexity index is 387. The lowest BCUT2D eigenvalue weighted by Crippen LogP contribution is -2.54. The third-order valence-corrected chi connectivity index (χ3v) is 4.21. The summed E-state index contributed by atoms with van der Waals surface area (Å²) in [6.45, 7) is 2.86. The van der Waals surface area contributed by atoms with Crippen molar-refractivity contribution in [3.8, 4) is 0 Å². The van der Waals surface area contributed by atoms with Crippen LogP contribution in [0.25, 0.3) is 0 Å². The van der Waals surface area contributed by atoms with E-state index in [4.69, 9.17) is 0 Å². The molecule has 1 aromatic heterocycles. The fraction of sp³-hybridized carbons (Fsp3) is 0.600. The van der Waals surface area contributed by atoms with Gasteiger partial charge in [0, 0.05) is 0 Å². The number of amides is 1. The Morgan fingerprint density at radius 2 is 2.50 bits per heavy atom. The number of anilines is 1. The Hall–Kier alpha value is -0.460. The molecular formula is C10H14BrN3OS. The lowest BCUT2D eigenvalue weighted by Gasteiger charge is -2.33. The van der Waals surface area contributed by atoms with Crippen LogP contribution < -0.4 is 10.6 Å². The van der Waals surface area contributed by atoms with Crippen molar-refractivity contribution in [1.82, 2.24) is 10.3 Å². The number of halogens is 1. The fourth-order valence-electron chi connectivity index (χ4n) is 1.80. The highest BCUT2D eigenvalue weighted by Gasteiger charge is 2.34. The predicted octanol–water partition coefficient (Wildman–Crippen LogP) is 2.38. The zero-order chi connectivity index (χ0) is 11.6. The highest BCUT2D eigenvalue weighted by Crippen LogP contribution is 2.25. The van der Waals surface area contributed by atoms with Crippen molar-refractivity contribution in [2.24, 2.45) is 0 Å². The number of carbonyl (C=O) groups is 1. The molecule has 1 unspecified atom stereocenters. The topological polar surface area (TPSA) is 54.0 Å². The summed E-state index contributed by atoms with van der Waals surface area (Å²) in [5, 5.41) is 6.77. The van der Waals surface area contributed by atoms with Gasteiger partial charge in [-0.2, -0.15) is 0 Å². The molecule has 0 spiro atoms. The van der Waals surface area contributed by atoms with Crippen LogP contribution in [0, 0.1) is 0 Å². The van der Waals surface area contributed by atoms with E-state index in [-0.39, 0.29) is 5.91 Å². The maximum absolute atomic E-state index is 12.1. The molecule has 0 bridgehead atoms. The maximum atomic E-state index is 12.1. The van der Waals surface area contributed by atoms with Gasteiger partial charge in [-0.25, -0.2) is 4.98 Å². The zero-order valence-corrected chi connectivity index (χ0v) is 11.4. The lowest BCUT2D eigenvalue weighted by molar-refractivity contribution is -0.122. The summed E-state index contributed by atoms with van der Waals surface area (Å²) in [5.41, 5.74) is -0.448. The molecule has 0 aliphatic carbocycles. The molecule has 2 heterocycles. The maximum Gasteiger partial charge on any atom is 0.246 e. The zero-order valence-electron chi connectivity index (χ0n) is 9.05. The minimum Gasteiger partial charge on any atom is -0.304 e. The Morgan fingerprint density at radius 1 is 1.69 bits per heavy atom. The van der Waals surface area contributed by atoms with Crippen molar-refractivity contribution in [3.05, 3.63) is 9.98 Å². The van der Waals surface area contributed by atoms with Crippen molar-refractivity contribution in [3.63, 3.8) is 0 Å². The summed E-state index contributed by atoms with van der Waals surface area (Å²) in [6.07, 6.45) is 4.81. The van der Waals surface area contributed by atoms with E-state index in [0.29, 0.717) is 5.13 Å². The van der Waals surface area contributed by atoms with E-state index in [1.54, 1.807) is 6.20 Å². The first-order chi connectivity index (χ1) is 7.60. The molecule has 1 atom stereocenters. The van der Waals surface area contributed by atoms with Crippen LogP contribution in [0.3, 0.4) is 0 Å². The highest BCUT2D eigenvalue weighted by molar-refractivity contribution is 9.11. The summed E-state index contributed by atoms with van der Waals surface area (Å²) in [5.74, 6) is 0.00838. The average Bonchev–Trinajstić information content (AvgIpc) is 2.65. The second kappa shape index (κ2) is 4.81. The van der Waals surface area contributed by atoms with E-state index >= 15 is 0 Å². The van der Waals surface area contributed by atoms with Crippen LogP contribution >= 0.6 is 27.3 Å². The molecule has 1 aliphatic heterocycles. The number of piperidine rings is 1. The molecule has 0 saturated carbocycles. The minimum absolute atomic E-state index is 0.00838. The van der Waals surface area contributed by atoms with Gasteiger partial charge in [0.25, 0.3) is 0 Å². The van der Waals surface area contributed by atoms with Gasteiger partial charge in [0.05, 0.1) is 15.5 Å². The van der Waals surface area contributed by atoms with Gasteiger partial charge in [-0.3, -0.25) is 4.79 Å². The molecule has 6 heteroatoms. The molecule has 4 nitrogen and oxygen atoms in total. The monoisotopic (exact) mass is 303 g/mol. The van der Waals surface area contributed by atoms with Crippen LogP contribution in [0.5, 0.6) is 0 Å². The Labute approximate surface area is 107 Å². The summed E-state index contributed by atoms with van der Waals surface area (Å²) >= 11 is 4.75. The first kappa shape index (κ1) is 12.0. The molecule has 88 valence electrons. The number of nitrogens with zero attached hydrogens (tertiary/aromatic N) is 1. The van der Waals surface area contributed by atoms with E-state index in [2.05, 4.69) is 31.5 Å². The largest absolute Gasteiger partial charge is 0.304 e. The predicted molar refractivity (Wildman–Crippen MR) is 68.7 cm³/mol. The molecular weight excluding hydrogens is 290 g/mol. The summed E-state index contributed by atoms with van der Waals surface area (Å²) in [6, 6.07) is 0. The Morgan fingerprint density at radius 3 is 3.06 bits per heavy atom. The number of hydrogen-bond acceptors (Lipinski definition) is 4. The van der Waals surface area contributed by atoms with Gasteiger partial charge in [-0.15, -0.1) is 0 Å². The second-order valence-corrected chi connectivity index (χ2v) is 6.55. The molecule has 0 radical (unpaired) electrons. The molecule has 1 aromatic rings. The minimum atomic E-state index is -0.448. The normalized spacial score (nSPS) is 25.4. The fourth-order valence-corrected chi connectivity index (χ4v) is 2.90. The second-order valence-electron chi connectivity index (χ2n) is 4.14. The van der Waals surface area contributed by atoms with Gasteiger partial charge in [0.1, 0.15) is 0 Å². The van der Waals surface area contributed by atoms with Gasteiger partial charge in [-0.1, -0.05) is 11.3 Å². The Balaban J connectivity index is 2.01. The third-order valence-electron chi connectivity index (χ3n) is 2.82. The Kier molecular flexibility index (Phi) is 3.61. The van der Waals surface area contributed by atoms with E-state index in [1.165, 1.54) is 11.3 Å². The quantitative estimate of drug-likeness (QED) is 0.882. The number of aromatic nitrogens is 1. The van der Waals surface area contributed by atoms with Crippen molar-refractivity contribution >= 4 is 38.3 Å². The van der Waals surface area contributed by atoms with Crippen molar-refractivity contribution in [2.45, 2.75) is 31.7 Å². The molecule has 2 N–H and O–H groups in total. The molecule has 16 heavy (non-hydrogen) atoms. The van der Waals surface area contributed by atoms with E-state index in [9.17, 15) is 4.79 Å². The smallest absolute Gasteiger partial charge is 0.246 e. The first-order valence-corrected chi connectivity index (χ1v) is 6.89. The van der Waals surface area contributed by atoms with Crippen LogP contribution in [-0.4, -0.2) is 23.0 Å². The summed E-state index contributed by atoms with van der Waals surface area (Å²) in [7, 11) is 0. The molecule has 1 fully saturated rings. The van der Waals surface area contributed by atoms with E-state index in [1.807, 2.05) is 6.92 Å². The number of thiazole rings is 1. The third kappa shape index (κ3) is 2.61. The SMILES string of the molecule is CC1(C(=O)Nc2ncc(Br)s2)CCCCN1. The number of carbonyl (C=O) groups excluding carboxylic acids is 1. The highest BCUT2D eigenvalue weighted by atomic mass is 79.9. The first-order valence-electron chi connectivity index (χ1n) is 5.28. The molecule has 1 aliphatic rings. The van der Waals surface area contributed by atoms with Crippen LogP contribution in [0.2, 0.25) is 0 Å². The van der Waals surface area contributed by atoms with Gasteiger partial charge >= 0.3 is 0 Å². The van der Waals surface area contributed by atoms with Crippen LogP contribution in [0.1, 0.15) is 26.2 Å². The lowest BCUT2D eigenvalue weighted by atomic mass is 9.90. The van der Waals surface area contributed by atoms with Gasteiger partial charge < -0.3 is 10.6 Å².